The van der Waals surface area contributed by atoms with E-state index < -0.39 is 0 Å². The number of nitrogens with one attached hydrogen (secondary N) is 2. The fourth-order valence-electron chi connectivity index (χ4n) is 3.75. The highest BCUT2D eigenvalue weighted by Crippen LogP contribution is 2.21. The lowest BCUT2D eigenvalue weighted by atomic mass is 10.0. The summed E-state index contributed by atoms with van der Waals surface area (Å²) in [5, 5.41) is 12.1. The highest BCUT2D eigenvalue weighted by atomic mass is 32.1. The standard InChI is InChI=1S/C18H20N6O3S/c25-15(7-12-8-24-4-6-28-18(24)20-12)23-3-1-13-14(9-23)21-22-16(13)17(26)19-11-2-5-27-10-11/h4,6,8,11H,1-3,5,7,9-10H2,(H,19,26)(H,21,22). The zero-order chi connectivity index (χ0) is 19.1. The second-order valence-corrected chi connectivity index (χ2v) is 8.00. The van der Waals surface area contributed by atoms with Gasteiger partial charge in [-0.1, -0.05) is 0 Å². The monoisotopic (exact) mass is 400 g/mol. The Morgan fingerprint density at radius 2 is 2.36 bits per heavy atom. The minimum Gasteiger partial charge on any atom is -0.379 e. The summed E-state index contributed by atoms with van der Waals surface area (Å²) < 4.78 is 7.23. The molecule has 0 spiro atoms. The first-order valence-electron chi connectivity index (χ1n) is 9.31. The first-order valence-corrected chi connectivity index (χ1v) is 10.2. The molecule has 5 rings (SSSR count). The Morgan fingerprint density at radius 3 is 3.18 bits per heavy atom. The van der Waals surface area contributed by atoms with Gasteiger partial charge in [-0.3, -0.25) is 19.1 Å². The molecule has 0 bridgehead atoms. The molecule has 2 N–H and O–H groups in total. The Bertz CT molecular complexity index is 1000. The van der Waals surface area contributed by atoms with Crippen molar-refractivity contribution in [3.05, 3.63) is 40.4 Å². The van der Waals surface area contributed by atoms with Crippen molar-refractivity contribution in [2.75, 3.05) is 19.8 Å². The summed E-state index contributed by atoms with van der Waals surface area (Å²) >= 11 is 1.55. The maximum atomic E-state index is 12.7. The van der Waals surface area contributed by atoms with E-state index in [1.807, 2.05) is 22.2 Å². The predicted octanol–water partition coefficient (Wildman–Crippen LogP) is 0.765. The quantitative estimate of drug-likeness (QED) is 0.673. The van der Waals surface area contributed by atoms with Gasteiger partial charge in [0.2, 0.25) is 5.91 Å². The first-order chi connectivity index (χ1) is 13.7. The molecule has 2 amide bonds. The molecule has 0 aliphatic carbocycles. The van der Waals surface area contributed by atoms with Gasteiger partial charge in [0, 0.05) is 36.5 Å². The van der Waals surface area contributed by atoms with E-state index in [4.69, 9.17) is 4.74 Å². The highest BCUT2D eigenvalue weighted by molar-refractivity contribution is 7.15. The van der Waals surface area contributed by atoms with Crippen LogP contribution in [-0.4, -0.2) is 62.1 Å². The minimum absolute atomic E-state index is 0.0279. The third-order valence-electron chi connectivity index (χ3n) is 5.24. The Balaban J connectivity index is 1.25. The molecule has 2 aliphatic rings. The Labute approximate surface area is 164 Å². The number of amides is 2. The molecule has 9 nitrogen and oxygen atoms in total. The van der Waals surface area contributed by atoms with E-state index >= 15 is 0 Å². The van der Waals surface area contributed by atoms with Crippen LogP contribution in [0.5, 0.6) is 0 Å². The molecule has 0 saturated carbocycles. The molecule has 2 aliphatic heterocycles. The lowest BCUT2D eigenvalue weighted by Crippen LogP contribution is -2.38. The van der Waals surface area contributed by atoms with Crippen LogP contribution >= 0.6 is 11.3 Å². The molecular weight excluding hydrogens is 380 g/mol. The Kier molecular flexibility index (Phi) is 4.36. The molecular formula is C18H20N6O3S. The summed E-state index contributed by atoms with van der Waals surface area (Å²) in [6, 6.07) is 0.0473. The molecule has 1 fully saturated rings. The van der Waals surface area contributed by atoms with Gasteiger partial charge in [-0.25, -0.2) is 4.98 Å². The largest absolute Gasteiger partial charge is 0.379 e. The van der Waals surface area contributed by atoms with Crippen molar-refractivity contribution >= 4 is 28.1 Å². The summed E-state index contributed by atoms with van der Waals surface area (Å²) in [6.07, 6.45) is 5.53. The van der Waals surface area contributed by atoms with Crippen molar-refractivity contribution < 1.29 is 14.3 Å². The second-order valence-electron chi connectivity index (χ2n) is 7.13. The number of ether oxygens (including phenoxy) is 1. The van der Waals surface area contributed by atoms with Crippen LogP contribution in [0.25, 0.3) is 4.96 Å². The van der Waals surface area contributed by atoms with Gasteiger partial charge < -0.3 is 15.0 Å². The first kappa shape index (κ1) is 17.4. The van der Waals surface area contributed by atoms with E-state index in [-0.39, 0.29) is 24.3 Å². The average Bonchev–Trinajstić information content (AvgIpc) is 3.44. The summed E-state index contributed by atoms with van der Waals surface area (Å²) in [5.74, 6) is -0.147. The fourth-order valence-corrected chi connectivity index (χ4v) is 4.47. The topological polar surface area (TPSA) is 105 Å². The molecule has 10 heteroatoms. The Morgan fingerprint density at radius 1 is 1.43 bits per heavy atom. The number of aromatic nitrogens is 4. The minimum atomic E-state index is -0.175. The van der Waals surface area contributed by atoms with Crippen molar-refractivity contribution in [2.45, 2.75) is 31.8 Å². The molecule has 3 aromatic rings. The zero-order valence-electron chi connectivity index (χ0n) is 15.2. The number of H-pyrrole nitrogens is 1. The summed E-state index contributed by atoms with van der Waals surface area (Å²) in [5.41, 5.74) is 2.94. The van der Waals surface area contributed by atoms with Gasteiger partial charge in [0.25, 0.3) is 5.91 Å². The zero-order valence-corrected chi connectivity index (χ0v) is 16.0. The third-order valence-corrected chi connectivity index (χ3v) is 6.01. The molecule has 5 heterocycles. The van der Waals surface area contributed by atoms with E-state index in [0.717, 1.165) is 28.3 Å². The SMILES string of the molecule is O=C(NC1CCOC1)c1n[nH]c2c1CCN(C(=O)Cc1cn3ccsc3n1)C2. The molecule has 0 aromatic carbocycles. The number of carbonyl (C=O) groups is 2. The predicted molar refractivity (Wildman–Crippen MR) is 101 cm³/mol. The van der Waals surface area contributed by atoms with Crippen molar-refractivity contribution in [1.82, 2.24) is 29.8 Å². The van der Waals surface area contributed by atoms with Crippen LogP contribution in [0, 0.1) is 0 Å². The van der Waals surface area contributed by atoms with Gasteiger partial charge in [0.1, 0.15) is 0 Å². The van der Waals surface area contributed by atoms with Crippen LogP contribution in [-0.2, 0) is 28.9 Å². The van der Waals surface area contributed by atoms with E-state index in [0.29, 0.717) is 38.4 Å². The number of rotatable bonds is 4. The fraction of sp³-hybridized carbons (Fsp3) is 0.444. The van der Waals surface area contributed by atoms with Crippen LogP contribution in [0.4, 0.5) is 0 Å². The van der Waals surface area contributed by atoms with Crippen LogP contribution in [0.2, 0.25) is 0 Å². The number of nitrogens with zero attached hydrogens (tertiary/aromatic N) is 4. The van der Waals surface area contributed by atoms with Crippen LogP contribution < -0.4 is 5.32 Å². The third kappa shape index (κ3) is 3.18. The molecule has 28 heavy (non-hydrogen) atoms. The van der Waals surface area contributed by atoms with Gasteiger partial charge in [0.05, 0.1) is 37.0 Å². The van der Waals surface area contributed by atoms with Gasteiger partial charge in [-0.05, 0) is 12.8 Å². The molecule has 146 valence electrons. The van der Waals surface area contributed by atoms with Crippen molar-refractivity contribution in [3.8, 4) is 0 Å². The average molecular weight is 400 g/mol. The van der Waals surface area contributed by atoms with Crippen LogP contribution in [0.3, 0.4) is 0 Å². The summed E-state index contributed by atoms with van der Waals surface area (Å²) in [7, 11) is 0. The lowest BCUT2D eigenvalue weighted by Gasteiger charge is -2.26. The number of thiazole rings is 1. The summed E-state index contributed by atoms with van der Waals surface area (Å²) in [4.78, 5) is 32.4. The van der Waals surface area contributed by atoms with E-state index in [1.165, 1.54) is 0 Å². The lowest BCUT2D eigenvalue weighted by molar-refractivity contribution is -0.131. The number of hydrogen-bond acceptors (Lipinski definition) is 6. The molecule has 1 atom stereocenters. The van der Waals surface area contributed by atoms with Gasteiger partial charge in [-0.2, -0.15) is 5.10 Å². The Hall–Kier alpha value is -2.72. The maximum Gasteiger partial charge on any atom is 0.272 e. The molecule has 3 aromatic heterocycles. The number of fused-ring (bicyclic) bond motifs is 2. The number of aromatic amines is 1. The number of carbonyl (C=O) groups excluding carboxylic acids is 2. The molecule has 1 unspecified atom stereocenters. The normalized spacial score (nSPS) is 19.1. The highest BCUT2D eigenvalue weighted by Gasteiger charge is 2.29. The van der Waals surface area contributed by atoms with Crippen LogP contribution in [0.1, 0.15) is 33.9 Å². The van der Waals surface area contributed by atoms with Crippen molar-refractivity contribution in [1.29, 1.82) is 0 Å². The van der Waals surface area contributed by atoms with Gasteiger partial charge in [-0.15, -0.1) is 11.3 Å². The molecule has 0 radical (unpaired) electrons. The summed E-state index contributed by atoms with van der Waals surface area (Å²) in [6.45, 7) is 2.23. The number of imidazole rings is 1. The number of hydrogen-bond donors (Lipinski definition) is 2. The van der Waals surface area contributed by atoms with Crippen LogP contribution in [0.15, 0.2) is 17.8 Å². The van der Waals surface area contributed by atoms with Gasteiger partial charge >= 0.3 is 0 Å². The van der Waals surface area contributed by atoms with Crippen molar-refractivity contribution in [3.63, 3.8) is 0 Å². The van der Waals surface area contributed by atoms with Crippen molar-refractivity contribution in [2.24, 2.45) is 0 Å². The van der Waals surface area contributed by atoms with E-state index in [9.17, 15) is 9.59 Å². The maximum absolute atomic E-state index is 12.7. The van der Waals surface area contributed by atoms with E-state index in [2.05, 4.69) is 20.5 Å². The van der Waals surface area contributed by atoms with Gasteiger partial charge in [0.15, 0.2) is 10.7 Å². The second kappa shape index (κ2) is 7.02. The smallest absolute Gasteiger partial charge is 0.272 e. The van der Waals surface area contributed by atoms with E-state index in [1.54, 1.807) is 16.2 Å². The molecule has 1 saturated heterocycles.